The fourth-order valence-electron chi connectivity index (χ4n) is 3.52. The van der Waals surface area contributed by atoms with Crippen molar-refractivity contribution in [2.24, 2.45) is 0 Å². The van der Waals surface area contributed by atoms with Crippen molar-refractivity contribution in [3.63, 3.8) is 0 Å². The molecule has 6 nitrogen and oxygen atoms in total. The second kappa shape index (κ2) is 11.1. The minimum atomic E-state index is -4.36. The first-order valence-corrected chi connectivity index (χ1v) is 12.2. The van der Waals surface area contributed by atoms with Gasteiger partial charge in [-0.3, -0.25) is 4.79 Å². The van der Waals surface area contributed by atoms with E-state index in [0.717, 1.165) is 24.8 Å². The maximum Gasteiger partial charge on any atom is 0.411 e. The summed E-state index contributed by atoms with van der Waals surface area (Å²) in [7, 11) is -3.50. The van der Waals surface area contributed by atoms with E-state index in [1.54, 1.807) is 36.4 Å². The van der Waals surface area contributed by atoms with Gasteiger partial charge in [0.25, 0.3) is 0 Å². The number of carbonyl (C=O) groups excluding carboxylic acids is 1. The van der Waals surface area contributed by atoms with E-state index in [4.69, 9.17) is 0 Å². The molecule has 0 unspecified atom stereocenters. The lowest BCUT2D eigenvalue weighted by molar-refractivity contribution is -0.176. The molecule has 1 fully saturated rings. The summed E-state index contributed by atoms with van der Waals surface area (Å²) in [4.78, 5) is 12.5. The van der Waals surface area contributed by atoms with Gasteiger partial charge in [-0.25, -0.2) is 8.42 Å². The van der Waals surface area contributed by atoms with E-state index >= 15 is 0 Å². The number of hydrogen-bond donors (Lipinski definition) is 1. The molecule has 0 aromatic heterocycles. The summed E-state index contributed by atoms with van der Waals surface area (Å²) in [6.07, 6.45) is -1.47. The Morgan fingerprint density at radius 3 is 2.09 bits per heavy atom. The summed E-state index contributed by atoms with van der Waals surface area (Å²) in [5.74, 6) is -0.223. The number of ether oxygens (including phenoxy) is 1. The first kappa shape index (κ1) is 25.2. The van der Waals surface area contributed by atoms with Gasteiger partial charge in [0, 0.05) is 19.6 Å². The van der Waals surface area contributed by atoms with Crippen molar-refractivity contribution in [1.29, 1.82) is 0 Å². The number of sulfonamides is 1. The quantitative estimate of drug-likeness (QED) is 0.588. The molecule has 0 bridgehead atoms. The van der Waals surface area contributed by atoms with Crippen molar-refractivity contribution in [2.75, 3.05) is 19.7 Å². The third kappa shape index (κ3) is 7.83. The van der Waals surface area contributed by atoms with Crippen LogP contribution in [0.25, 0.3) is 0 Å². The molecule has 33 heavy (non-hydrogen) atoms. The predicted octanol–water partition coefficient (Wildman–Crippen LogP) is 3.80. The number of benzene rings is 2. The molecule has 1 saturated heterocycles. The molecule has 0 atom stereocenters. The Labute approximate surface area is 191 Å². The molecule has 3 rings (SSSR count). The van der Waals surface area contributed by atoms with Crippen LogP contribution in [0.4, 0.5) is 13.2 Å². The highest BCUT2D eigenvalue weighted by molar-refractivity contribution is 7.89. The second-order valence-corrected chi connectivity index (χ2v) is 9.92. The third-order valence-electron chi connectivity index (χ3n) is 5.29. The highest BCUT2D eigenvalue weighted by Gasteiger charge is 2.27. The number of alkyl halides is 3. The van der Waals surface area contributed by atoms with Crippen molar-refractivity contribution in [3.8, 4) is 0 Å². The van der Waals surface area contributed by atoms with Gasteiger partial charge in [0.15, 0.2) is 0 Å². The predicted molar refractivity (Wildman–Crippen MR) is 117 cm³/mol. The van der Waals surface area contributed by atoms with Crippen LogP contribution in [-0.4, -0.2) is 44.5 Å². The van der Waals surface area contributed by atoms with Crippen LogP contribution in [0.2, 0.25) is 0 Å². The van der Waals surface area contributed by atoms with Crippen LogP contribution in [0, 0.1) is 0 Å². The van der Waals surface area contributed by atoms with E-state index in [1.807, 2.05) is 0 Å². The van der Waals surface area contributed by atoms with E-state index in [2.05, 4.69) is 10.1 Å². The average Bonchev–Trinajstić information content (AvgIpc) is 2.79. The molecule has 10 heteroatoms. The number of amides is 1. The van der Waals surface area contributed by atoms with Crippen LogP contribution in [0.15, 0.2) is 53.4 Å². The molecule has 0 saturated carbocycles. The summed E-state index contributed by atoms with van der Waals surface area (Å²) >= 11 is 0. The van der Waals surface area contributed by atoms with Gasteiger partial charge in [0.2, 0.25) is 15.9 Å². The Morgan fingerprint density at radius 1 is 0.909 bits per heavy atom. The second-order valence-electron chi connectivity index (χ2n) is 7.99. The molecule has 1 amide bonds. The summed E-state index contributed by atoms with van der Waals surface area (Å²) in [6.45, 7) is -0.0996. The van der Waals surface area contributed by atoms with Gasteiger partial charge in [-0.1, -0.05) is 42.8 Å². The SMILES string of the molecule is O=C(Cc1ccc(S(=O)(=O)N2CCCCC2)cc1)NCc1ccc(COCC(F)(F)F)cc1. The normalized spacial score (nSPS) is 15.4. The topological polar surface area (TPSA) is 75.7 Å². The van der Waals surface area contributed by atoms with Crippen molar-refractivity contribution in [3.05, 3.63) is 65.2 Å². The smallest absolute Gasteiger partial charge is 0.367 e. The van der Waals surface area contributed by atoms with Gasteiger partial charge in [-0.2, -0.15) is 17.5 Å². The Morgan fingerprint density at radius 2 is 1.48 bits per heavy atom. The molecule has 1 aliphatic rings. The van der Waals surface area contributed by atoms with Crippen molar-refractivity contribution < 1.29 is 31.1 Å². The summed E-state index contributed by atoms with van der Waals surface area (Å²) in [5, 5.41) is 2.78. The molecule has 0 radical (unpaired) electrons. The summed E-state index contributed by atoms with van der Waals surface area (Å²) in [6, 6.07) is 13.1. The lowest BCUT2D eigenvalue weighted by Gasteiger charge is -2.25. The first-order valence-electron chi connectivity index (χ1n) is 10.7. The number of carbonyl (C=O) groups is 1. The van der Waals surface area contributed by atoms with Crippen LogP contribution in [0.5, 0.6) is 0 Å². The van der Waals surface area contributed by atoms with Crippen LogP contribution >= 0.6 is 0 Å². The highest BCUT2D eigenvalue weighted by atomic mass is 32.2. The maximum absolute atomic E-state index is 12.7. The monoisotopic (exact) mass is 484 g/mol. The molecule has 2 aromatic rings. The summed E-state index contributed by atoms with van der Waals surface area (Å²) in [5.41, 5.74) is 2.10. The van der Waals surface area contributed by atoms with Gasteiger partial charge in [0.05, 0.1) is 17.9 Å². The molecule has 1 N–H and O–H groups in total. The minimum absolute atomic E-state index is 0.105. The van der Waals surface area contributed by atoms with Gasteiger partial charge in [-0.05, 0) is 41.7 Å². The number of hydrogen-bond acceptors (Lipinski definition) is 4. The maximum atomic E-state index is 12.7. The number of piperidine rings is 1. The fourth-order valence-corrected chi connectivity index (χ4v) is 5.04. The molecule has 180 valence electrons. The Kier molecular flexibility index (Phi) is 8.50. The van der Waals surface area contributed by atoms with Crippen LogP contribution < -0.4 is 5.32 Å². The standard InChI is InChI=1S/C23H27F3N2O4S/c24-23(25,26)17-32-16-20-6-4-19(5-7-20)15-27-22(29)14-18-8-10-21(11-9-18)33(30,31)28-12-2-1-3-13-28/h4-11H,1-3,12-17H2,(H,27,29). The minimum Gasteiger partial charge on any atom is -0.367 e. The van der Waals surface area contributed by atoms with E-state index in [9.17, 15) is 26.4 Å². The number of halogens is 3. The lowest BCUT2D eigenvalue weighted by Crippen LogP contribution is -2.35. The van der Waals surface area contributed by atoms with Gasteiger partial charge >= 0.3 is 6.18 Å². The Balaban J connectivity index is 1.46. The number of nitrogens with zero attached hydrogens (tertiary/aromatic N) is 1. The van der Waals surface area contributed by atoms with E-state index in [1.165, 1.54) is 16.4 Å². The largest absolute Gasteiger partial charge is 0.411 e. The zero-order chi connectivity index (χ0) is 23.9. The highest BCUT2D eigenvalue weighted by Crippen LogP contribution is 2.21. The van der Waals surface area contributed by atoms with E-state index in [-0.39, 0.29) is 30.4 Å². The third-order valence-corrected chi connectivity index (χ3v) is 7.20. The molecule has 2 aromatic carbocycles. The lowest BCUT2D eigenvalue weighted by atomic mass is 10.1. The van der Waals surface area contributed by atoms with Crippen LogP contribution in [0.3, 0.4) is 0 Å². The molecule has 0 aliphatic carbocycles. The molecular formula is C23H27F3N2O4S. The van der Waals surface area contributed by atoms with E-state index < -0.39 is 22.8 Å². The van der Waals surface area contributed by atoms with Gasteiger partial charge in [0.1, 0.15) is 6.61 Å². The van der Waals surface area contributed by atoms with Gasteiger partial charge < -0.3 is 10.1 Å². The van der Waals surface area contributed by atoms with Crippen LogP contribution in [-0.2, 0) is 39.1 Å². The molecule has 1 heterocycles. The van der Waals surface area contributed by atoms with Gasteiger partial charge in [-0.15, -0.1) is 0 Å². The summed E-state index contributed by atoms with van der Waals surface area (Å²) < 4.78 is 67.8. The Hall–Kier alpha value is -2.43. The van der Waals surface area contributed by atoms with E-state index in [0.29, 0.717) is 24.2 Å². The zero-order valence-electron chi connectivity index (χ0n) is 18.1. The van der Waals surface area contributed by atoms with Crippen molar-refractivity contribution >= 4 is 15.9 Å². The average molecular weight is 485 g/mol. The van der Waals surface area contributed by atoms with Crippen molar-refractivity contribution in [2.45, 2.75) is 49.9 Å². The fraction of sp³-hybridized carbons (Fsp3) is 0.435. The van der Waals surface area contributed by atoms with Crippen molar-refractivity contribution in [1.82, 2.24) is 9.62 Å². The molecule has 0 spiro atoms. The number of rotatable bonds is 9. The number of nitrogens with one attached hydrogen (secondary N) is 1. The Bertz CT molecular complexity index is 1020. The van der Waals surface area contributed by atoms with Crippen LogP contribution in [0.1, 0.15) is 36.0 Å². The molecular weight excluding hydrogens is 457 g/mol. The zero-order valence-corrected chi connectivity index (χ0v) is 18.9. The first-order chi connectivity index (χ1) is 15.6. The molecule has 1 aliphatic heterocycles.